The van der Waals surface area contributed by atoms with Gasteiger partial charge in [-0.15, -0.1) is 0 Å². The number of nitrogens with zero attached hydrogens (tertiary/aromatic N) is 4. The van der Waals surface area contributed by atoms with E-state index in [2.05, 4.69) is 15.4 Å². The molecular formula is C17H18ClFN6O2. The molecule has 27 heavy (non-hydrogen) atoms. The topological polar surface area (TPSA) is 106 Å². The van der Waals surface area contributed by atoms with E-state index >= 15 is 0 Å². The summed E-state index contributed by atoms with van der Waals surface area (Å²) in [4.78, 5) is 30.1. The molecule has 0 saturated carbocycles. The molecule has 1 atom stereocenters. The number of benzene rings is 1. The third kappa shape index (κ3) is 3.50. The Labute approximate surface area is 159 Å². The van der Waals surface area contributed by atoms with Gasteiger partial charge in [0.1, 0.15) is 11.5 Å². The molecule has 1 aromatic carbocycles. The van der Waals surface area contributed by atoms with Gasteiger partial charge in [0.15, 0.2) is 11.1 Å². The van der Waals surface area contributed by atoms with E-state index in [-0.39, 0.29) is 34.7 Å². The molecule has 0 saturated heterocycles. The van der Waals surface area contributed by atoms with Gasteiger partial charge in [0.05, 0.1) is 12.0 Å². The van der Waals surface area contributed by atoms with Crippen LogP contribution in [0.15, 0.2) is 29.3 Å². The number of hydrogen-bond acceptors (Lipinski definition) is 5. The number of guanidine groups is 1. The molecular weight excluding hydrogens is 375 g/mol. The molecule has 2 aromatic rings. The first-order valence-electron chi connectivity index (χ1n) is 8.03. The number of nitrogens with two attached hydrogens (primary N) is 1. The van der Waals surface area contributed by atoms with Crippen LogP contribution in [0.25, 0.3) is 0 Å². The summed E-state index contributed by atoms with van der Waals surface area (Å²) in [5, 5.41) is 6.75. The zero-order valence-corrected chi connectivity index (χ0v) is 15.7. The van der Waals surface area contributed by atoms with E-state index in [1.54, 1.807) is 14.0 Å². The quantitative estimate of drug-likeness (QED) is 0.831. The number of aromatic nitrogens is 2. The van der Waals surface area contributed by atoms with Crippen LogP contribution in [0.1, 0.15) is 29.4 Å². The Kier molecular flexibility index (Phi) is 4.64. The van der Waals surface area contributed by atoms with Crippen molar-refractivity contribution in [1.82, 2.24) is 14.7 Å². The fourth-order valence-electron chi connectivity index (χ4n) is 2.92. The number of aliphatic imine (C=N–C) groups is 1. The number of anilines is 1. The number of nitrogens with one attached hydrogen (secondary N) is 1. The predicted molar refractivity (Wildman–Crippen MR) is 98.9 cm³/mol. The molecule has 3 rings (SSSR count). The number of rotatable bonds is 3. The summed E-state index contributed by atoms with van der Waals surface area (Å²) in [7, 11) is 3.09. The van der Waals surface area contributed by atoms with E-state index in [9.17, 15) is 14.0 Å². The highest BCUT2D eigenvalue weighted by Crippen LogP contribution is 2.35. The second-order valence-electron chi connectivity index (χ2n) is 6.50. The third-order valence-electron chi connectivity index (χ3n) is 4.46. The largest absolute Gasteiger partial charge is 0.369 e. The van der Waals surface area contributed by atoms with Crippen molar-refractivity contribution in [3.63, 3.8) is 0 Å². The molecule has 142 valence electrons. The molecule has 0 spiro atoms. The van der Waals surface area contributed by atoms with E-state index in [0.29, 0.717) is 5.69 Å². The Morgan fingerprint density at radius 3 is 2.67 bits per heavy atom. The molecule has 2 amide bonds. The monoisotopic (exact) mass is 392 g/mol. The van der Waals surface area contributed by atoms with Crippen LogP contribution >= 0.6 is 11.6 Å². The van der Waals surface area contributed by atoms with Crippen LogP contribution in [-0.4, -0.2) is 39.5 Å². The van der Waals surface area contributed by atoms with Crippen molar-refractivity contribution in [2.45, 2.75) is 18.9 Å². The van der Waals surface area contributed by atoms with Gasteiger partial charge in [-0.3, -0.25) is 19.2 Å². The number of carbonyl (C=O) groups excluding carboxylic acids is 2. The molecule has 2 heterocycles. The molecule has 8 nitrogen and oxygen atoms in total. The van der Waals surface area contributed by atoms with Crippen molar-refractivity contribution in [1.29, 1.82) is 0 Å². The van der Waals surface area contributed by atoms with E-state index in [1.807, 2.05) is 0 Å². The molecule has 0 bridgehead atoms. The molecule has 1 aliphatic rings. The SMILES string of the molecule is CN1C(=O)CC(C)(c2cc(NC(=O)c3cc(Cl)nn3C)ccc2F)N=C1N. The van der Waals surface area contributed by atoms with E-state index < -0.39 is 17.3 Å². The summed E-state index contributed by atoms with van der Waals surface area (Å²) in [5.41, 5.74) is 5.36. The number of amides is 2. The number of carbonyl (C=O) groups is 2. The highest BCUT2D eigenvalue weighted by atomic mass is 35.5. The van der Waals surface area contributed by atoms with E-state index in [4.69, 9.17) is 17.3 Å². The van der Waals surface area contributed by atoms with Gasteiger partial charge in [0, 0.05) is 31.4 Å². The summed E-state index contributed by atoms with van der Waals surface area (Å²) in [6, 6.07) is 5.49. The molecule has 1 aromatic heterocycles. The standard InChI is InChI=1S/C17H18ClFN6O2/c1-17(8-14(26)24(2)16(20)22-17)10-6-9(4-5-11(10)19)21-15(27)12-7-13(18)23-25(12)3/h4-7H,8H2,1-3H3,(H2,20,22)(H,21,27). The average Bonchev–Trinajstić information content (AvgIpc) is 2.92. The minimum Gasteiger partial charge on any atom is -0.369 e. The molecule has 1 unspecified atom stereocenters. The Morgan fingerprint density at radius 1 is 1.37 bits per heavy atom. The highest BCUT2D eigenvalue weighted by molar-refractivity contribution is 6.29. The molecule has 0 radical (unpaired) electrons. The smallest absolute Gasteiger partial charge is 0.273 e. The Hall–Kier alpha value is -2.94. The van der Waals surface area contributed by atoms with Gasteiger partial charge in [0.2, 0.25) is 5.91 Å². The van der Waals surface area contributed by atoms with Gasteiger partial charge in [-0.2, -0.15) is 5.10 Å². The van der Waals surface area contributed by atoms with Crippen molar-refractivity contribution in [3.8, 4) is 0 Å². The van der Waals surface area contributed by atoms with Crippen LogP contribution in [0, 0.1) is 5.82 Å². The maximum Gasteiger partial charge on any atom is 0.273 e. The first-order chi connectivity index (χ1) is 12.6. The van der Waals surface area contributed by atoms with Crippen molar-refractivity contribution in [3.05, 3.63) is 46.5 Å². The minimum absolute atomic E-state index is 0.00659. The fraction of sp³-hybridized carbons (Fsp3) is 0.294. The predicted octanol–water partition coefficient (Wildman–Crippen LogP) is 1.86. The number of aryl methyl sites for hydroxylation is 1. The third-order valence-corrected chi connectivity index (χ3v) is 4.65. The minimum atomic E-state index is -1.17. The van der Waals surface area contributed by atoms with Crippen LogP contribution in [0.2, 0.25) is 5.15 Å². The zero-order valence-electron chi connectivity index (χ0n) is 15.0. The molecule has 10 heteroatoms. The summed E-state index contributed by atoms with van der Waals surface area (Å²) < 4.78 is 15.8. The molecule has 1 aliphatic heterocycles. The molecule has 3 N–H and O–H groups in total. The Balaban J connectivity index is 1.94. The number of halogens is 2. The normalized spacial score (nSPS) is 19.8. The van der Waals surface area contributed by atoms with Gasteiger partial charge >= 0.3 is 0 Å². The summed E-state index contributed by atoms with van der Waals surface area (Å²) >= 11 is 5.79. The summed E-state index contributed by atoms with van der Waals surface area (Å²) in [5.74, 6) is -1.27. The number of hydrogen-bond donors (Lipinski definition) is 2. The summed E-state index contributed by atoms with van der Waals surface area (Å²) in [6.07, 6.45) is -0.0458. The maximum absolute atomic E-state index is 14.5. The second kappa shape index (κ2) is 6.66. The van der Waals surface area contributed by atoms with E-state index in [1.165, 1.54) is 40.9 Å². The van der Waals surface area contributed by atoms with Gasteiger partial charge in [-0.1, -0.05) is 11.6 Å². The first kappa shape index (κ1) is 18.8. The van der Waals surface area contributed by atoms with Crippen molar-refractivity contribution in [2.24, 2.45) is 17.8 Å². The van der Waals surface area contributed by atoms with Crippen LogP contribution in [0.5, 0.6) is 0 Å². The van der Waals surface area contributed by atoms with Gasteiger partial charge in [-0.05, 0) is 25.1 Å². The van der Waals surface area contributed by atoms with Crippen LogP contribution in [0.3, 0.4) is 0 Å². The van der Waals surface area contributed by atoms with Crippen LogP contribution < -0.4 is 11.1 Å². The highest BCUT2D eigenvalue weighted by Gasteiger charge is 2.38. The van der Waals surface area contributed by atoms with Crippen molar-refractivity contribution < 1.29 is 14.0 Å². The van der Waals surface area contributed by atoms with Gasteiger partial charge in [-0.25, -0.2) is 9.38 Å². The first-order valence-corrected chi connectivity index (χ1v) is 8.41. The van der Waals surface area contributed by atoms with Gasteiger partial charge in [0.25, 0.3) is 5.91 Å². The molecule has 0 fully saturated rings. The second-order valence-corrected chi connectivity index (χ2v) is 6.89. The summed E-state index contributed by atoms with van der Waals surface area (Å²) in [6.45, 7) is 1.62. The van der Waals surface area contributed by atoms with Crippen LogP contribution in [0.4, 0.5) is 10.1 Å². The lowest BCUT2D eigenvalue weighted by molar-refractivity contribution is -0.128. The van der Waals surface area contributed by atoms with Crippen LogP contribution in [-0.2, 0) is 17.4 Å². The lowest BCUT2D eigenvalue weighted by Crippen LogP contribution is -2.47. The van der Waals surface area contributed by atoms with E-state index in [0.717, 1.165) is 0 Å². The molecule has 0 aliphatic carbocycles. The Bertz CT molecular complexity index is 972. The van der Waals surface area contributed by atoms with Crippen molar-refractivity contribution >= 4 is 35.1 Å². The lowest BCUT2D eigenvalue weighted by atomic mass is 9.87. The Morgan fingerprint density at radius 2 is 2.07 bits per heavy atom. The van der Waals surface area contributed by atoms with Crippen molar-refractivity contribution in [2.75, 3.05) is 12.4 Å². The zero-order chi connectivity index (χ0) is 19.9. The average molecular weight is 393 g/mol. The van der Waals surface area contributed by atoms with Gasteiger partial charge < -0.3 is 11.1 Å². The lowest BCUT2D eigenvalue weighted by Gasteiger charge is -2.34. The fourth-order valence-corrected chi connectivity index (χ4v) is 3.14. The maximum atomic E-state index is 14.5.